The fourth-order valence-corrected chi connectivity index (χ4v) is 3.11. The molecule has 2 aromatic rings. The molecule has 0 aromatic heterocycles. The molecule has 3 rings (SSSR count). The summed E-state index contributed by atoms with van der Waals surface area (Å²) >= 11 is 0. The van der Waals surface area contributed by atoms with Gasteiger partial charge >= 0.3 is 0 Å². The third kappa shape index (κ3) is 3.02. The first kappa shape index (κ1) is 13.6. The third-order valence-corrected chi connectivity index (χ3v) is 4.22. The van der Waals surface area contributed by atoms with Gasteiger partial charge < -0.3 is 10.1 Å². The van der Waals surface area contributed by atoms with Crippen molar-refractivity contribution >= 4 is 10.8 Å². The number of rotatable bonds is 5. The molecule has 0 radical (unpaired) electrons. The summed E-state index contributed by atoms with van der Waals surface area (Å²) in [6, 6.07) is 15.9. The highest BCUT2D eigenvalue weighted by Gasteiger charge is 2.21. The zero-order valence-electron chi connectivity index (χ0n) is 12.1. The predicted molar refractivity (Wildman–Crippen MR) is 83.9 cm³/mol. The Kier molecular flexibility index (Phi) is 4.34. The number of benzene rings is 2. The van der Waals surface area contributed by atoms with Crippen molar-refractivity contribution in [2.45, 2.75) is 25.8 Å². The quantitative estimate of drug-likeness (QED) is 0.888. The Bertz CT molecular complexity index is 560. The summed E-state index contributed by atoms with van der Waals surface area (Å²) in [4.78, 5) is 0. The van der Waals surface area contributed by atoms with Crippen LogP contribution < -0.4 is 5.32 Å². The summed E-state index contributed by atoms with van der Waals surface area (Å²) in [6.45, 7) is 5.04. The molecule has 2 atom stereocenters. The standard InChI is InChI=1S/C18H23NO/c1-2-19-18(11-14-9-10-20-13-14)17-8-7-15-5-3-4-6-16(15)12-17/h3-8,12,14,18-19H,2,9-11,13H2,1H3. The minimum Gasteiger partial charge on any atom is -0.381 e. The fraction of sp³-hybridized carbons (Fsp3) is 0.444. The fourth-order valence-electron chi connectivity index (χ4n) is 3.11. The van der Waals surface area contributed by atoms with Crippen LogP contribution in [0.5, 0.6) is 0 Å². The van der Waals surface area contributed by atoms with Crippen molar-refractivity contribution in [1.82, 2.24) is 5.32 Å². The topological polar surface area (TPSA) is 21.3 Å². The molecular weight excluding hydrogens is 246 g/mol. The maximum Gasteiger partial charge on any atom is 0.0495 e. The van der Waals surface area contributed by atoms with Crippen LogP contribution in [0, 0.1) is 5.92 Å². The van der Waals surface area contributed by atoms with Crippen LogP contribution in [0.1, 0.15) is 31.4 Å². The van der Waals surface area contributed by atoms with Crippen molar-refractivity contribution in [2.24, 2.45) is 5.92 Å². The lowest BCUT2D eigenvalue weighted by Crippen LogP contribution is -2.23. The molecule has 106 valence electrons. The van der Waals surface area contributed by atoms with Gasteiger partial charge in [-0.2, -0.15) is 0 Å². The zero-order valence-corrected chi connectivity index (χ0v) is 12.1. The lowest BCUT2D eigenvalue weighted by atomic mass is 9.93. The van der Waals surface area contributed by atoms with Crippen molar-refractivity contribution in [3.63, 3.8) is 0 Å². The van der Waals surface area contributed by atoms with Crippen LogP contribution in [0.25, 0.3) is 10.8 Å². The molecular formula is C18H23NO. The van der Waals surface area contributed by atoms with Crippen LogP contribution in [-0.2, 0) is 4.74 Å². The SMILES string of the molecule is CCNC(CC1CCOC1)c1ccc2ccccc2c1. The molecule has 0 saturated carbocycles. The minimum atomic E-state index is 0.441. The van der Waals surface area contributed by atoms with Crippen LogP contribution in [0.3, 0.4) is 0 Å². The molecule has 0 aliphatic carbocycles. The highest BCUT2D eigenvalue weighted by Crippen LogP contribution is 2.28. The van der Waals surface area contributed by atoms with Crippen LogP contribution in [0.4, 0.5) is 0 Å². The summed E-state index contributed by atoms with van der Waals surface area (Å²) in [5.74, 6) is 0.700. The number of hydrogen-bond acceptors (Lipinski definition) is 2. The van der Waals surface area contributed by atoms with Gasteiger partial charge in [-0.25, -0.2) is 0 Å². The first-order chi connectivity index (χ1) is 9.86. The van der Waals surface area contributed by atoms with Gasteiger partial charge in [0.1, 0.15) is 0 Å². The molecule has 2 heteroatoms. The van der Waals surface area contributed by atoms with Crippen molar-refractivity contribution in [3.8, 4) is 0 Å². The molecule has 0 spiro atoms. The number of hydrogen-bond donors (Lipinski definition) is 1. The molecule has 1 heterocycles. The van der Waals surface area contributed by atoms with E-state index in [1.165, 1.54) is 29.2 Å². The van der Waals surface area contributed by atoms with Crippen LogP contribution in [0.15, 0.2) is 42.5 Å². The lowest BCUT2D eigenvalue weighted by molar-refractivity contribution is 0.181. The van der Waals surface area contributed by atoms with E-state index in [0.29, 0.717) is 12.0 Å². The van der Waals surface area contributed by atoms with Gasteiger partial charge in [-0.05, 0) is 47.7 Å². The predicted octanol–water partition coefficient (Wildman–Crippen LogP) is 3.92. The third-order valence-electron chi connectivity index (χ3n) is 4.22. The largest absolute Gasteiger partial charge is 0.381 e. The molecule has 1 fully saturated rings. The highest BCUT2D eigenvalue weighted by molar-refractivity contribution is 5.83. The Morgan fingerprint density at radius 3 is 2.80 bits per heavy atom. The molecule has 1 aliphatic rings. The maximum absolute atomic E-state index is 5.51. The van der Waals surface area contributed by atoms with E-state index in [-0.39, 0.29) is 0 Å². The first-order valence-electron chi connectivity index (χ1n) is 7.66. The van der Waals surface area contributed by atoms with Gasteiger partial charge in [0.05, 0.1) is 0 Å². The Morgan fingerprint density at radius 2 is 2.05 bits per heavy atom. The van der Waals surface area contributed by atoms with Gasteiger partial charge in [-0.3, -0.25) is 0 Å². The van der Waals surface area contributed by atoms with Crippen LogP contribution in [0.2, 0.25) is 0 Å². The van der Waals surface area contributed by atoms with Crippen molar-refractivity contribution in [3.05, 3.63) is 48.0 Å². The number of fused-ring (bicyclic) bond motifs is 1. The Labute approximate surface area is 121 Å². The monoisotopic (exact) mass is 269 g/mol. The van der Waals surface area contributed by atoms with Gasteiger partial charge in [0.25, 0.3) is 0 Å². The van der Waals surface area contributed by atoms with Gasteiger partial charge in [-0.15, -0.1) is 0 Å². The molecule has 1 saturated heterocycles. The number of ether oxygens (including phenoxy) is 1. The zero-order chi connectivity index (χ0) is 13.8. The van der Waals surface area contributed by atoms with E-state index in [2.05, 4.69) is 54.7 Å². The van der Waals surface area contributed by atoms with Gasteiger partial charge in [0.2, 0.25) is 0 Å². The van der Waals surface area contributed by atoms with E-state index in [1.807, 2.05) is 0 Å². The Morgan fingerprint density at radius 1 is 1.20 bits per heavy atom. The average Bonchev–Trinajstić information content (AvgIpc) is 2.99. The van der Waals surface area contributed by atoms with E-state index >= 15 is 0 Å². The summed E-state index contributed by atoms with van der Waals surface area (Å²) in [5, 5.41) is 6.28. The van der Waals surface area contributed by atoms with E-state index in [9.17, 15) is 0 Å². The van der Waals surface area contributed by atoms with Crippen molar-refractivity contribution in [1.29, 1.82) is 0 Å². The molecule has 0 amide bonds. The van der Waals surface area contributed by atoms with E-state index in [0.717, 1.165) is 19.8 Å². The van der Waals surface area contributed by atoms with Gasteiger partial charge in [0.15, 0.2) is 0 Å². The second-order valence-electron chi connectivity index (χ2n) is 5.68. The molecule has 2 aromatic carbocycles. The molecule has 2 unspecified atom stereocenters. The molecule has 1 aliphatic heterocycles. The maximum atomic E-state index is 5.51. The Hall–Kier alpha value is -1.38. The minimum absolute atomic E-state index is 0.441. The normalized spacial score (nSPS) is 20.4. The molecule has 2 nitrogen and oxygen atoms in total. The summed E-state index contributed by atoms with van der Waals surface area (Å²) < 4.78 is 5.51. The lowest BCUT2D eigenvalue weighted by Gasteiger charge is -2.21. The summed E-state index contributed by atoms with van der Waals surface area (Å²) in [6.07, 6.45) is 2.38. The smallest absolute Gasteiger partial charge is 0.0495 e. The molecule has 20 heavy (non-hydrogen) atoms. The van der Waals surface area contributed by atoms with Gasteiger partial charge in [-0.1, -0.05) is 43.3 Å². The highest BCUT2D eigenvalue weighted by atomic mass is 16.5. The van der Waals surface area contributed by atoms with E-state index in [4.69, 9.17) is 4.74 Å². The second kappa shape index (κ2) is 6.38. The van der Waals surface area contributed by atoms with Crippen molar-refractivity contribution in [2.75, 3.05) is 19.8 Å². The number of nitrogens with one attached hydrogen (secondary N) is 1. The van der Waals surface area contributed by atoms with Gasteiger partial charge in [0, 0.05) is 19.3 Å². The van der Waals surface area contributed by atoms with E-state index < -0.39 is 0 Å². The van der Waals surface area contributed by atoms with Crippen LogP contribution in [-0.4, -0.2) is 19.8 Å². The summed E-state index contributed by atoms with van der Waals surface area (Å²) in [5.41, 5.74) is 1.40. The Balaban J connectivity index is 1.83. The second-order valence-corrected chi connectivity index (χ2v) is 5.68. The average molecular weight is 269 g/mol. The van der Waals surface area contributed by atoms with E-state index in [1.54, 1.807) is 0 Å². The molecule has 0 bridgehead atoms. The molecule has 1 N–H and O–H groups in total. The summed E-state index contributed by atoms with van der Waals surface area (Å²) in [7, 11) is 0. The first-order valence-corrected chi connectivity index (χ1v) is 7.66. The van der Waals surface area contributed by atoms with Crippen LogP contribution >= 0.6 is 0 Å². The van der Waals surface area contributed by atoms with Crippen molar-refractivity contribution < 1.29 is 4.74 Å².